The summed E-state index contributed by atoms with van der Waals surface area (Å²) >= 11 is 0. The number of halogens is 1. The second-order valence-electron chi connectivity index (χ2n) is 5.15. The van der Waals surface area contributed by atoms with Gasteiger partial charge in [0.15, 0.2) is 0 Å². The van der Waals surface area contributed by atoms with E-state index in [-0.39, 0.29) is 17.6 Å². The second kappa shape index (κ2) is 7.73. The number of piperidine rings is 1. The molecule has 0 bridgehead atoms. The molecule has 114 valence electrons. The van der Waals surface area contributed by atoms with Crippen molar-refractivity contribution >= 4 is 11.9 Å². The van der Waals surface area contributed by atoms with Gasteiger partial charge in [-0.25, -0.2) is 9.18 Å². The van der Waals surface area contributed by atoms with E-state index >= 15 is 0 Å². The van der Waals surface area contributed by atoms with Crippen LogP contribution in [0.2, 0.25) is 0 Å². The minimum Gasteiger partial charge on any atom is -0.337 e. The molecule has 0 saturated carbocycles. The van der Waals surface area contributed by atoms with Crippen LogP contribution >= 0.6 is 0 Å². The molecule has 0 radical (unpaired) electrons. The highest BCUT2D eigenvalue weighted by atomic mass is 19.1. The van der Waals surface area contributed by atoms with Crippen molar-refractivity contribution in [2.75, 3.05) is 19.6 Å². The SMILES string of the molecule is O=C(NCCc1ccc(F)cc1)NC(=O)C1CCNCC1. The number of carbonyl (C=O) groups is 2. The maximum Gasteiger partial charge on any atom is 0.321 e. The molecule has 1 aromatic rings. The van der Waals surface area contributed by atoms with Crippen molar-refractivity contribution in [3.63, 3.8) is 0 Å². The molecular weight excluding hydrogens is 273 g/mol. The molecular formula is C15H20FN3O2. The summed E-state index contributed by atoms with van der Waals surface area (Å²) in [5.41, 5.74) is 0.932. The van der Waals surface area contributed by atoms with Gasteiger partial charge in [-0.15, -0.1) is 0 Å². The van der Waals surface area contributed by atoms with Crippen LogP contribution in [0.3, 0.4) is 0 Å². The van der Waals surface area contributed by atoms with E-state index in [4.69, 9.17) is 0 Å². The van der Waals surface area contributed by atoms with Gasteiger partial charge in [0, 0.05) is 12.5 Å². The molecule has 2 rings (SSSR count). The largest absolute Gasteiger partial charge is 0.337 e. The van der Waals surface area contributed by atoms with Crippen LogP contribution in [-0.4, -0.2) is 31.6 Å². The zero-order valence-electron chi connectivity index (χ0n) is 11.8. The Morgan fingerprint density at radius 2 is 1.86 bits per heavy atom. The van der Waals surface area contributed by atoms with Crippen LogP contribution in [-0.2, 0) is 11.2 Å². The van der Waals surface area contributed by atoms with Crippen LogP contribution in [0.15, 0.2) is 24.3 Å². The van der Waals surface area contributed by atoms with E-state index in [1.807, 2.05) is 0 Å². The topological polar surface area (TPSA) is 70.2 Å². The fourth-order valence-electron chi connectivity index (χ4n) is 2.31. The normalized spacial score (nSPS) is 15.5. The van der Waals surface area contributed by atoms with Crippen molar-refractivity contribution in [3.05, 3.63) is 35.6 Å². The molecule has 1 saturated heterocycles. The Morgan fingerprint density at radius 3 is 2.52 bits per heavy atom. The van der Waals surface area contributed by atoms with Gasteiger partial charge in [0.05, 0.1) is 0 Å². The van der Waals surface area contributed by atoms with Gasteiger partial charge in [0.25, 0.3) is 0 Å². The maximum absolute atomic E-state index is 12.7. The molecule has 1 aliphatic heterocycles. The monoisotopic (exact) mass is 293 g/mol. The summed E-state index contributed by atoms with van der Waals surface area (Å²) in [6.07, 6.45) is 2.11. The first kappa shape index (κ1) is 15.4. The van der Waals surface area contributed by atoms with E-state index in [0.717, 1.165) is 31.5 Å². The molecule has 3 N–H and O–H groups in total. The summed E-state index contributed by atoms with van der Waals surface area (Å²) in [6.45, 7) is 2.02. The minimum atomic E-state index is -0.472. The zero-order valence-corrected chi connectivity index (χ0v) is 11.8. The molecule has 1 heterocycles. The first-order chi connectivity index (χ1) is 10.1. The average Bonchev–Trinajstić information content (AvgIpc) is 2.50. The molecule has 1 fully saturated rings. The molecule has 0 aliphatic carbocycles. The number of benzene rings is 1. The van der Waals surface area contributed by atoms with Gasteiger partial charge in [-0.2, -0.15) is 0 Å². The predicted molar refractivity (Wildman–Crippen MR) is 77.2 cm³/mol. The molecule has 6 heteroatoms. The number of hydrogen-bond acceptors (Lipinski definition) is 3. The van der Waals surface area contributed by atoms with Crippen molar-refractivity contribution < 1.29 is 14.0 Å². The summed E-state index contributed by atoms with van der Waals surface area (Å²) in [5, 5.41) is 8.18. The highest BCUT2D eigenvalue weighted by Gasteiger charge is 2.22. The third kappa shape index (κ3) is 5.15. The van der Waals surface area contributed by atoms with Crippen molar-refractivity contribution in [3.8, 4) is 0 Å². The lowest BCUT2D eigenvalue weighted by Gasteiger charge is -2.21. The lowest BCUT2D eigenvalue weighted by molar-refractivity contribution is -0.124. The van der Waals surface area contributed by atoms with E-state index in [0.29, 0.717) is 13.0 Å². The summed E-state index contributed by atoms with van der Waals surface area (Å²) in [7, 11) is 0. The fraction of sp³-hybridized carbons (Fsp3) is 0.467. The standard InChI is InChI=1S/C15H20FN3O2/c16-13-3-1-11(2-4-13)5-10-18-15(21)19-14(20)12-6-8-17-9-7-12/h1-4,12,17H,5-10H2,(H2,18,19,20,21). The Balaban J connectivity index is 1.67. The molecule has 1 aromatic carbocycles. The van der Waals surface area contributed by atoms with Gasteiger partial charge in [-0.05, 0) is 50.0 Å². The van der Waals surface area contributed by atoms with Gasteiger partial charge >= 0.3 is 6.03 Å². The summed E-state index contributed by atoms with van der Waals surface area (Å²) in [6, 6.07) is 5.65. The molecule has 5 nitrogen and oxygen atoms in total. The van der Waals surface area contributed by atoms with Crippen molar-refractivity contribution in [2.45, 2.75) is 19.3 Å². The van der Waals surface area contributed by atoms with Gasteiger partial charge in [0.1, 0.15) is 5.82 Å². The smallest absolute Gasteiger partial charge is 0.321 e. The number of amides is 3. The van der Waals surface area contributed by atoms with Crippen LogP contribution in [0, 0.1) is 11.7 Å². The molecule has 21 heavy (non-hydrogen) atoms. The third-order valence-electron chi connectivity index (χ3n) is 3.56. The lowest BCUT2D eigenvalue weighted by atomic mass is 9.97. The third-order valence-corrected chi connectivity index (χ3v) is 3.56. The second-order valence-corrected chi connectivity index (χ2v) is 5.15. The van der Waals surface area contributed by atoms with Gasteiger partial charge in [-0.3, -0.25) is 10.1 Å². The average molecular weight is 293 g/mol. The fourth-order valence-corrected chi connectivity index (χ4v) is 2.31. The minimum absolute atomic E-state index is 0.0888. The van der Waals surface area contributed by atoms with Gasteiger partial charge in [0.2, 0.25) is 5.91 Å². The highest BCUT2D eigenvalue weighted by Crippen LogP contribution is 2.11. The number of rotatable bonds is 4. The molecule has 0 aromatic heterocycles. The Bertz CT molecular complexity index is 484. The van der Waals surface area contributed by atoms with Crippen LogP contribution in [0.4, 0.5) is 9.18 Å². The van der Waals surface area contributed by atoms with Crippen LogP contribution < -0.4 is 16.0 Å². The van der Waals surface area contributed by atoms with E-state index < -0.39 is 6.03 Å². The number of hydrogen-bond donors (Lipinski definition) is 3. The van der Waals surface area contributed by atoms with Gasteiger partial charge < -0.3 is 10.6 Å². The molecule has 3 amide bonds. The lowest BCUT2D eigenvalue weighted by Crippen LogP contribution is -2.45. The van der Waals surface area contributed by atoms with Crippen LogP contribution in [0.25, 0.3) is 0 Å². The molecule has 0 atom stereocenters. The first-order valence-electron chi connectivity index (χ1n) is 7.19. The highest BCUT2D eigenvalue weighted by molar-refractivity contribution is 5.95. The quantitative estimate of drug-likeness (QED) is 0.781. The summed E-state index contributed by atoms with van der Waals surface area (Å²) in [5.74, 6) is -0.582. The Hall–Kier alpha value is -1.95. The number of carbonyl (C=O) groups excluding carboxylic acids is 2. The maximum atomic E-state index is 12.7. The van der Waals surface area contributed by atoms with Crippen molar-refractivity contribution in [2.24, 2.45) is 5.92 Å². The van der Waals surface area contributed by atoms with Gasteiger partial charge in [-0.1, -0.05) is 12.1 Å². The Morgan fingerprint density at radius 1 is 1.19 bits per heavy atom. The molecule has 0 spiro atoms. The first-order valence-corrected chi connectivity index (χ1v) is 7.19. The predicted octanol–water partition coefficient (Wildman–Crippen LogP) is 1.19. The van der Waals surface area contributed by atoms with E-state index in [2.05, 4.69) is 16.0 Å². The van der Waals surface area contributed by atoms with Crippen molar-refractivity contribution in [1.29, 1.82) is 0 Å². The van der Waals surface area contributed by atoms with Crippen LogP contribution in [0.5, 0.6) is 0 Å². The summed E-state index contributed by atoms with van der Waals surface area (Å²) < 4.78 is 12.7. The summed E-state index contributed by atoms with van der Waals surface area (Å²) in [4.78, 5) is 23.5. The van der Waals surface area contributed by atoms with E-state index in [9.17, 15) is 14.0 Å². The van der Waals surface area contributed by atoms with Crippen LogP contribution in [0.1, 0.15) is 18.4 Å². The molecule has 0 unspecified atom stereocenters. The Labute approximate surface area is 123 Å². The van der Waals surface area contributed by atoms with E-state index in [1.54, 1.807) is 12.1 Å². The van der Waals surface area contributed by atoms with E-state index in [1.165, 1.54) is 12.1 Å². The Kier molecular flexibility index (Phi) is 5.68. The number of nitrogens with one attached hydrogen (secondary N) is 3. The number of urea groups is 1. The molecule has 1 aliphatic rings. The zero-order chi connectivity index (χ0) is 15.1. The van der Waals surface area contributed by atoms with Crippen molar-refractivity contribution in [1.82, 2.24) is 16.0 Å². The number of imide groups is 1.